The third-order valence-corrected chi connectivity index (χ3v) is 0. The molecule has 10 nitrogen and oxygen atoms in total. The molecule has 15 heavy (non-hydrogen) atoms. The van der Waals surface area contributed by atoms with Crippen molar-refractivity contribution in [3.63, 3.8) is 0 Å². The van der Waals surface area contributed by atoms with Gasteiger partial charge >= 0.3 is 102 Å². The van der Waals surface area contributed by atoms with Gasteiger partial charge in [-0.3, -0.25) is 14.6 Å². The van der Waals surface area contributed by atoms with E-state index in [9.17, 15) is 0 Å². The fourth-order valence-corrected chi connectivity index (χ4v) is 0. The van der Waals surface area contributed by atoms with Crippen LogP contribution in [-0.4, -0.2) is 52.4 Å². The summed E-state index contributed by atoms with van der Waals surface area (Å²) in [6.45, 7) is 0. The molecule has 0 bridgehead atoms. The van der Waals surface area contributed by atoms with Crippen LogP contribution in [0, 0.1) is 55.6 Å². The van der Waals surface area contributed by atoms with Gasteiger partial charge < -0.3 is 30.1 Å². The van der Waals surface area contributed by atoms with Gasteiger partial charge in [0.2, 0.25) is 0 Å². The molecule has 0 heterocycles. The first-order valence-corrected chi connectivity index (χ1v) is 9.03. The third-order valence-electron chi connectivity index (χ3n) is 0. The van der Waals surface area contributed by atoms with E-state index in [1.54, 1.807) is 0 Å². The second kappa shape index (κ2) is 36.0. The first-order chi connectivity index (χ1) is 6.29. The van der Waals surface area contributed by atoms with E-state index in [-0.39, 0.29) is 37.7 Å². The average Bonchev–Trinajstić information content (AvgIpc) is 1.85. The Kier molecular flexibility index (Phi) is 73.0. The van der Waals surface area contributed by atoms with E-state index in [1.165, 1.54) is 0 Å². The standard InChI is InChI=1S/2BO3.Ca.4O.2U/c2*2-1(3)4;;;;;;;/q2*-3;+2;;;;;2*+2. The quantitative estimate of drug-likeness (QED) is 0.219. The van der Waals surface area contributed by atoms with Crippen LogP contribution in [0.5, 0.6) is 0 Å². The van der Waals surface area contributed by atoms with E-state index in [0.717, 1.165) is 0 Å². The van der Waals surface area contributed by atoms with Crippen molar-refractivity contribution in [2.75, 3.05) is 0 Å². The molecule has 0 amide bonds. The Bertz CT molecular complexity index is 124. The predicted octanol–water partition coefficient (Wildman–Crippen LogP) is -8.75. The van der Waals surface area contributed by atoms with E-state index < -0.39 is 70.3 Å². The van der Waals surface area contributed by atoms with Gasteiger partial charge in [0.05, 0.1) is 0 Å². The van der Waals surface area contributed by atoms with Crippen LogP contribution in [0.4, 0.5) is 0 Å². The summed E-state index contributed by atoms with van der Waals surface area (Å²) in [5.41, 5.74) is 0. The molecule has 15 heteroatoms. The van der Waals surface area contributed by atoms with Crippen molar-refractivity contribution in [2.24, 2.45) is 0 Å². The van der Waals surface area contributed by atoms with Crippen LogP contribution in [0.15, 0.2) is 0 Å². The molecule has 0 aromatic heterocycles. The van der Waals surface area contributed by atoms with Crippen LogP contribution in [0.1, 0.15) is 0 Å². The molecule has 0 fully saturated rings. The summed E-state index contributed by atoms with van der Waals surface area (Å²) in [5, 5.41) is 50.5. The molecule has 0 aromatic rings. The maximum atomic E-state index is 8.58. The number of hydrogen-bond acceptors (Lipinski definition) is 10. The molecule has 0 unspecified atom stereocenters. The van der Waals surface area contributed by atoms with Crippen LogP contribution < -0.4 is 30.1 Å². The molecule has 0 aliphatic heterocycles. The summed E-state index contributed by atoms with van der Waals surface area (Å²) < 4.78 is 34.3. The number of hydrogen-bond donors (Lipinski definition) is 0. The molecule has 0 radical (unpaired) electrons. The van der Waals surface area contributed by atoms with Crippen molar-refractivity contribution in [3.05, 3.63) is 0 Å². The number of rotatable bonds is 0. The first-order valence-electron chi connectivity index (χ1n) is 2.23. The Hall–Kier alpha value is 2.45. The Morgan fingerprint density at radius 1 is 0.600 bits per heavy atom. The van der Waals surface area contributed by atoms with Gasteiger partial charge in [-0.25, -0.2) is 0 Å². The SMILES string of the molecule is [Ca+2].[O-]B([O-])[O-].[O-]B([O-])[O-].[O]=[U+2]=[O].[O]=[U+2]=[O]. The van der Waals surface area contributed by atoms with E-state index in [0.29, 0.717) is 0 Å². The molecule has 0 saturated carbocycles. The summed E-state index contributed by atoms with van der Waals surface area (Å²) in [6, 6.07) is 0. The Balaban J connectivity index is -0.0000000293. The molecule has 0 N–H and O–H groups in total. The summed E-state index contributed by atoms with van der Waals surface area (Å²) in [4.78, 5) is 0. The monoisotopic (exact) mass is 698 g/mol. The van der Waals surface area contributed by atoms with Crippen molar-refractivity contribution < 1.29 is 94.7 Å². The van der Waals surface area contributed by atoms with Gasteiger partial charge in [0.1, 0.15) is 0 Å². The topological polar surface area (TPSA) is 207 Å². The van der Waals surface area contributed by atoms with Gasteiger partial charge in [-0.15, -0.1) is 0 Å². The minimum atomic E-state index is -2.92. The fourth-order valence-electron chi connectivity index (χ4n) is 0. The Labute approximate surface area is 144 Å². The normalized spacial score (nSPS) is 4.67. The molecule has 0 aliphatic rings. The predicted molar refractivity (Wildman–Crippen MR) is 20.0 cm³/mol. The van der Waals surface area contributed by atoms with Crippen molar-refractivity contribution in [3.8, 4) is 0 Å². The van der Waals surface area contributed by atoms with Crippen LogP contribution >= 0.6 is 0 Å². The minimum absolute atomic E-state index is 0. The third kappa shape index (κ3) is 571. The van der Waals surface area contributed by atoms with Gasteiger partial charge in [-0.2, -0.15) is 0 Å². The summed E-state index contributed by atoms with van der Waals surface area (Å²) >= 11 is -5.01. The second-order valence-electron chi connectivity index (χ2n) is 0.744. The fraction of sp³-hybridized carbons (Fsp3) is 0. The zero-order chi connectivity index (χ0) is 12.6. The Morgan fingerprint density at radius 3 is 0.600 bits per heavy atom. The van der Waals surface area contributed by atoms with Gasteiger partial charge in [0.25, 0.3) is 0 Å². The van der Waals surface area contributed by atoms with Gasteiger partial charge in [0, 0.05) is 0 Å². The Morgan fingerprint density at radius 2 is 0.600 bits per heavy atom. The van der Waals surface area contributed by atoms with Crippen LogP contribution in [0.2, 0.25) is 0 Å². The first kappa shape index (κ1) is 30.5. The van der Waals surface area contributed by atoms with Crippen molar-refractivity contribution in [1.29, 1.82) is 0 Å². The molecule has 0 aliphatic carbocycles. The van der Waals surface area contributed by atoms with E-state index in [1.807, 2.05) is 0 Å². The van der Waals surface area contributed by atoms with Crippen molar-refractivity contribution >= 4 is 52.4 Å². The second-order valence-corrected chi connectivity index (χ2v) is 2.13. The zero-order valence-electron chi connectivity index (χ0n) is 6.94. The van der Waals surface area contributed by atoms with Gasteiger partial charge in [-0.05, 0) is 0 Å². The van der Waals surface area contributed by atoms with E-state index in [4.69, 9.17) is 39.1 Å². The molecule has 0 spiro atoms. The molecular formula is B2CaO10U2. The maximum absolute atomic E-state index is 8.58. The molecule has 0 atom stereocenters. The molecule has 0 saturated heterocycles. The van der Waals surface area contributed by atoms with E-state index >= 15 is 0 Å². The zero-order valence-corrected chi connectivity index (χ0v) is 17.5. The van der Waals surface area contributed by atoms with E-state index in [2.05, 4.69) is 0 Å². The summed E-state index contributed by atoms with van der Waals surface area (Å²) in [5.74, 6) is 0. The molecule has 0 aromatic carbocycles. The molecular weight excluding hydrogens is 698 g/mol. The molecule has 76 valence electrons. The summed E-state index contributed by atoms with van der Waals surface area (Å²) in [7, 11) is -5.83. The van der Waals surface area contributed by atoms with Gasteiger partial charge in [0.15, 0.2) is 0 Å². The van der Waals surface area contributed by atoms with Crippen LogP contribution in [-0.2, 0) is 8.94 Å². The van der Waals surface area contributed by atoms with Crippen LogP contribution in [0.25, 0.3) is 0 Å². The van der Waals surface area contributed by atoms with Crippen LogP contribution in [0.3, 0.4) is 0 Å². The molecule has 0 rings (SSSR count). The van der Waals surface area contributed by atoms with Gasteiger partial charge in [-0.1, -0.05) is 0 Å². The van der Waals surface area contributed by atoms with Crippen molar-refractivity contribution in [2.45, 2.75) is 0 Å². The summed E-state index contributed by atoms with van der Waals surface area (Å²) in [6.07, 6.45) is 0. The average molecular weight is 698 g/mol. The van der Waals surface area contributed by atoms with Crippen molar-refractivity contribution in [1.82, 2.24) is 0 Å².